The first-order chi connectivity index (χ1) is 5.12. The van der Waals surface area contributed by atoms with Crippen LogP contribution >= 0.6 is 22.6 Å². The van der Waals surface area contributed by atoms with Crippen molar-refractivity contribution in [1.82, 2.24) is 0 Å². The standard InChI is InChI=1S/C8H13IO2/c1-3-6-4-7(10)11-8(6,2)5-9/h6H,3-5H2,1-2H3. The zero-order valence-corrected chi connectivity index (χ0v) is 9.05. The van der Waals surface area contributed by atoms with E-state index in [-0.39, 0.29) is 11.6 Å². The predicted molar refractivity (Wildman–Crippen MR) is 51.8 cm³/mol. The molecule has 0 amide bonds. The van der Waals surface area contributed by atoms with Gasteiger partial charge in [-0.05, 0) is 13.3 Å². The number of rotatable bonds is 2. The van der Waals surface area contributed by atoms with Crippen LogP contribution in [0.2, 0.25) is 0 Å². The predicted octanol–water partition coefficient (Wildman–Crippen LogP) is 2.15. The monoisotopic (exact) mass is 268 g/mol. The molecule has 0 aromatic carbocycles. The van der Waals surface area contributed by atoms with Gasteiger partial charge in [-0.2, -0.15) is 0 Å². The van der Waals surface area contributed by atoms with Crippen molar-refractivity contribution in [2.75, 3.05) is 4.43 Å². The highest BCUT2D eigenvalue weighted by atomic mass is 127. The third-order valence-corrected chi connectivity index (χ3v) is 3.90. The maximum absolute atomic E-state index is 11.0. The third-order valence-electron chi connectivity index (χ3n) is 2.38. The van der Waals surface area contributed by atoms with Gasteiger partial charge < -0.3 is 4.74 Å². The lowest BCUT2D eigenvalue weighted by Gasteiger charge is -2.26. The Morgan fingerprint density at radius 1 is 1.82 bits per heavy atom. The van der Waals surface area contributed by atoms with Crippen molar-refractivity contribution in [3.8, 4) is 0 Å². The van der Waals surface area contributed by atoms with Crippen molar-refractivity contribution >= 4 is 28.6 Å². The van der Waals surface area contributed by atoms with Gasteiger partial charge in [0.2, 0.25) is 0 Å². The second kappa shape index (κ2) is 3.29. The lowest BCUT2D eigenvalue weighted by molar-refractivity contribution is -0.146. The number of cyclic esters (lactones) is 1. The summed E-state index contributed by atoms with van der Waals surface area (Å²) in [5.74, 6) is 0.392. The second-order valence-corrected chi connectivity index (χ2v) is 3.99. The van der Waals surface area contributed by atoms with Crippen LogP contribution in [0.3, 0.4) is 0 Å². The fourth-order valence-electron chi connectivity index (χ4n) is 1.51. The van der Waals surface area contributed by atoms with Crippen LogP contribution < -0.4 is 0 Å². The minimum Gasteiger partial charge on any atom is -0.458 e. The van der Waals surface area contributed by atoms with Crippen LogP contribution in [0.1, 0.15) is 26.7 Å². The van der Waals surface area contributed by atoms with Crippen LogP contribution in [0.4, 0.5) is 0 Å². The van der Waals surface area contributed by atoms with Gasteiger partial charge in [0, 0.05) is 10.3 Å². The fourth-order valence-corrected chi connectivity index (χ4v) is 2.29. The molecule has 1 rings (SSSR count). The van der Waals surface area contributed by atoms with Crippen LogP contribution in [-0.2, 0) is 9.53 Å². The Labute approximate surface area is 80.8 Å². The topological polar surface area (TPSA) is 26.3 Å². The van der Waals surface area contributed by atoms with E-state index in [0.717, 1.165) is 10.8 Å². The fraction of sp³-hybridized carbons (Fsp3) is 0.875. The molecule has 3 heteroatoms. The van der Waals surface area contributed by atoms with Crippen molar-refractivity contribution < 1.29 is 9.53 Å². The normalized spacial score (nSPS) is 37.4. The first-order valence-corrected chi connectivity index (χ1v) is 5.42. The molecule has 0 radical (unpaired) electrons. The van der Waals surface area contributed by atoms with Crippen LogP contribution in [-0.4, -0.2) is 16.0 Å². The highest BCUT2D eigenvalue weighted by Gasteiger charge is 2.43. The molecule has 11 heavy (non-hydrogen) atoms. The largest absolute Gasteiger partial charge is 0.458 e. The van der Waals surface area contributed by atoms with E-state index < -0.39 is 0 Å². The zero-order chi connectivity index (χ0) is 8.48. The number of ether oxygens (including phenoxy) is 1. The SMILES string of the molecule is CCC1CC(=O)OC1(C)CI. The minimum atomic E-state index is -0.188. The molecule has 2 atom stereocenters. The molecule has 0 aromatic rings. The van der Waals surface area contributed by atoms with E-state index in [4.69, 9.17) is 4.74 Å². The van der Waals surface area contributed by atoms with Gasteiger partial charge in [-0.1, -0.05) is 29.5 Å². The molecule has 0 N–H and O–H groups in total. The molecule has 1 aliphatic rings. The summed E-state index contributed by atoms with van der Waals surface area (Å²) in [6, 6.07) is 0. The highest BCUT2D eigenvalue weighted by Crippen LogP contribution is 2.36. The number of esters is 1. The molecule has 0 aliphatic carbocycles. The maximum Gasteiger partial charge on any atom is 0.306 e. The molecular formula is C8H13IO2. The van der Waals surface area contributed by atoms with Crippen molar-refractivity contribution in [2.45, 2.75) is 32.3 Å². The summed E-state index contributed by atoms with van der Waals surface area (Å²) in [4.78, 5) is 11.0. The quantitative estimate of drug-likeness (QED) is 0.436. The Balaban J connectivity index is 2.71. The Morgan fingerprint density at radius 2 is 2.45 bits per heavy atom. The van der Waals surface area contributed by atoms with Gasteiger partial charge in [0.1, 0.15) is 5.60 Å². The van der Waals surface area contributed by atoms with Gasteiger partial charge in [-0.3, -0.25) is 4.79 Å². The van der Waals surface area contributed by atoms with E-state index >= 15 is 0 Å². The van der Waals surface area contributed by atoms with Gasteiger partial charge in [0.15, 0.2) is 0 Å². The average molecular weight is 268 g/mol. The number of hydrogen-bond donors (Lipinski definition) is 0. The summed E-state index contributed by atoms with van der Waals surface area (Å²) in [5.41, 5.74) is -0.188. The van der Waals surface area contributed by atoms with Crippen molar-refractivity contribution in [3.63, 3.8) is 0 Å². The number of carbonyl (C=O) groups excluding carboxylic acids is 1. The number of hydrogen-bond acceptors (Lipinski definition) is 2. The van der Waals surface area contributed by atoms with Crippen LogP contribution in [0.5, 0.6) is 0 Å². The summed E-state index contributed by atoms with van der Waals surface area (Å²) < 4.78 is 6.15. The Hall–Kier alpha value is 0.200. The Bertz CT molecular complexity index is 169. The molecule has 2 unspecified atom stereocenters. The van der Waals surface area contributed by atoms with Crippen molar-refractivity contribution in [3.05, 3.63) is 0 Å². The molecule has 1 saturated heterocycles. The van der Waals surface area contributed by atoms with Gasteiger partial charge in [0.25, 0.3) is 0 Å². The Morgan fingerprint density at radius 3 is 2.82 bits per heavy atom. The van der Waals surface area contributed by atoms with Crippen molar-refractivity contribution in [1.29, 1.82) is 0 Å². The molecule has 64 valence electrons. The molecule has 1 fully saturated rings. The lowest BCUT2D eigenvalue weighted by Crippen LogP contribution is -2.33. The molecule has 0 aromatic heterocycles. The molecule has 0 spiro atoms. The second-order valence-electron chi connectivity index (χ2n) is 3.23. The first-order valence-electron chi connectivity index (χ1n) is 3.90. The van der Waals surface area contributed by atoms with E-state index in [1.807, 2.05) is 6.92 Å². The Kier molecular flexibility index (Phi) is 2.78. The van der Waals surface area contributed by atoms with Gasteiger partial charge in [0.05, 0.1) is 6.42 Å². The summed E-state index contributed by atoms with van der Waals surface area (Å²) in [5, 5.41) is 0. The molecule has 0 bridgehead atoms. The number of halogens is 1. The number of alkyl halides is 1. The number of carbonyl (C=O) groups is 1. The lowest BCUT2D eigenvalue weighted by atomic mass is 9.89. The first kappa shape index (κ1) is 9.29. The molecule has 0 saturated carbocycles. The van der Waals surface area contributed by atoms with E-state index in [0.29, 0.717) is 12.3 Å². The average Bonchev–Trinajstić information content (AvgIpc) is 2.27. The van der Waals surface area contributed by atoms with Gasteiger partial charge in [-0.15, -0.1) is 0 Å². The van der Waals surface area contributed by atoms with Crippen LogP contribution in [0, 0.1) is 5.92 Å². The smallest absolute Gasteiger partial charge is 0.306 e. The van der Waals surface area contributed by atoms with Crippen molar-refractivity contribution in [2.24, 2.45) is 5.92 Å². The van der Waals surface area contributed by atoms with E-state index in [9.17, 15) is 4.79 Å². The van der Waals surface area contributed by atoms with E-state index in [2.05, 4.69) is 29.5 Å². The highest BCUT2D eigenvalue weighted by molar-refractivity contribution is 14.1. The molecular weight excluding hydrogens is 255 g/mol. The van der Waals surface area contributed by atoms with Gasteiger partial charge in [-0.25, -0.2) is 0 Å². The summed E-state index contributed by atoms with van der Waals surface area (Å²) in [6.45, 7) is 4.13. The van der Waals surface area contributed by atoms with E-state index in [1.54, 1.807) is 0 Å². The molecule has 2 nitrogen and oxygen atoms in total. The van der Waals surface area contributed by atoms with Gasteiger partial charge >= 0.3 is 5.97 Å². The van der Waals surface area contributed by atoms with E-state index in [1.165, 1.54) is 0 Å². The zero-order valence-electron chi connectivity index (χ0n) is 6.89. The third kappa shape index (κ3) is 1.68. The van der Waals surface area contributed by atoms with Crippen LogP contribution in [0.15, 0.2) is 0 Å². The summed E-state index contributed by atoms with van der Waals surface area (Å²) in [6.07, 6.45) is 1.64. The maximum atomic E-state index is 11.0. The summed E-state index contributed by atoms with van der Waals surface area (Å²) in [7, 11) is 0. The van der Waals surface area contributed by atoms with Crippen LogP contribution in [0.25, 0.3) is 0 Å². The summed E-state index contributed by atoms with van der Waals surface area (Å²) >= 11 is 2.28. The minimum absolute atomic E-state index is 0.0315. The molecule has 1 aliphatic heterocycles. The molecule has 1 heterocycles.